The molecule has 0 spiro atoms. The molecular formula is C15H21NO3. The third-order valence-corrected chi connectivity index (χ3v) is 4.06. The summed E-state index contributed by atoms with van der Waals surface area (Å²) in [4.78, 5) is 13.5. The quantitative estimate of drug-likeness (QED) is 0.911. The Morgan fingerprint density at radius 3 is 2.53 bits per heavy atom. The fourth-order valence-corrected chi connectivity index (χ4v) is 2.50. The molecule has 1 aliphatic rings. The van der Waals surface area contributed by atoms with Crippen LogP contribution in [0.3, 0.4) is 0 Å². The number of nitrogens with zero attached hydrogens (tertiary/aromatic N) is 1. The zero-order valence-electron chi connectivity index (χ0n) is 11.8. The number of piperidine rings is 1. The number of hydrogen-bond donors (Lipinski definition) is 1. The lowest BCUT2D eigenvalue weighted by molar-refractivity contribution is -0.149. The first kappa shape index (κ1) is 13.7. The van der Waals surface area contributed by atoms with E-state index in [9.17, 15) is 9.90 Å². The highest BCUT2D eigenvalue weighted by molar-refractivity contribution is 5.75. The molecule has 0 unspecified atom stereocenters. The second kappa shape index (κ2) is 5.11. The molecule has 1 saturated heterocycles. The fourth-order valence-electron chi connectivity index (χ4n) is 2.50. The van der Waals surface area contributed by atoms with Crippen LogP contribution in [0.5, 0.6) is 5.75 Å². The smallest absolute Gasteiger partial charge is 0.309 e. The number of carboxylic acids is 1. The molecule has 0 atom stereocenters. The summed E-state index contributed by atoms with van der Waals surface area (Å²) >= 11 is 0. The molecule has 1 fully saturated rings. The minimum atomic E-state index is -0.691. The van der Waals surface area contributed by atoms with Gasteiger partial charge < -0.3 is 14.7 Å². The predicted molar refractivity (Wildman–Crippen MR) is 74.9 cm³/mol. The molecule has 0 aromatic heterocycles. The molecule has 0 aliphatic carbocycles. The van der Waals surface area contributed by atoms with Gasteiger partial charge in [0.15, 0.2) is 0 Å². The normalized spacial score (nSPS) is 18.2. The van der Waals surface area contributed by atoms with Crippen LogP contribution in [0, 0.1) is 12.3 Å². The summed E-state index contributed by atoms with van der Waals surface area (Å²) in [6.45, 7) is 5.39. The van der Waals surface area contributed by atoms with Crippen LogP contribution in [-0.4, -0.2) is 31.3 Å². The number of carboxylic acid groups (broad SMARTS) is 1. The van der Waals surface area contributed by atoms with E-state index in [0.717, 1.165) is 24.5 Å². The van der Waals surface area contributed by atoms with Gasteiger partial charge in [-0.3, -0.25) is 4.79 Å². The van der Waals surface area contributed by atoms with Crippen LogP contribution in [-0.2, 0) is 4.79 Å². The Balaban J connectivity index is 2.18. The summed E-state index contributed by atoms with van der Waals surface area (Å²) in [7, 11) is 1.67. The number of aryl methyl sites for hydroxylation is 1. The molecule has 1 aromatic rings. The van der Waals surface area contributed by atoms with Crippen molar-refractivity contribution in [3.05, 3.63) is 23.8 Å². The van der Waals surface area contributed by atoms with Crippen LogP contribution in [0.25, 0.3) is 0 Å². The number of anilines is 1. The Hall–Kier alpha value is -1.71. The van der Waals surface area contributed by atoms with Crippen LogP contribution >= 0.6 is 0 Å². The highest BCUT2D eigenvalue weighted by Crippen LogP contribution is 2.36. The van der Waals surface area contributed by atoms with E-state index < -0.39 is 11.4 Å². The van der Waals surface area contributed by atoms with Crippen LogP contribution < -0.4 is 9.64 Å². The SMILES string of the molecule is COc1ccc(C)cc1N1CCC(C)(C(=O)O)CC1. The van der Waals surface area contributed by atoms with Crippen molar-refractivity contribution in [2.45, 2.75) is 26.7 Å². The molecule has 2 rings (SSSR count). The van der Waals surface area contributed by atoms with Crippen LogP contribution in [0.1, 0.15) is 25.3 Å². The molecule has 19 heavy (non-hydrogen) atoms. The first-order chi connectivity index (χ1) is 8.96. The Labute approximate surface area is 114 Å². The first-order valence-corrected chi connectivity index (χ1v) is 6.59. The number of rotatable bonds is 3. The minimum Gasteiger partial charge on any atom is -0.495 e. The van der Waals surface area contributed by atoms with Gasteiger partial charge in [0.05, 0.1) is 18.2 Å². The van der Waals surface area contributed by atoms with Crippen molar-refractivity contribution >= 4 is 11.7 Å². The van der Waals surface area contributed by atoms with E-state index in [0.29, 0.717) is 12.8 Å². The molecule has 0 amide bonds. The number of benzene rings is 1. The maximum atomic E-state index is 11.3. The van der Waals surface area contributed by atoms with E-state index in [-0.39, 0.29) is 0 Å². The Kier molecular flexibility index (Phi) is 3.69. The van der Waals surface area contributed by atoms with Crippen molar-refractivity contribution < 1.29 is 14.6 Å². The van der Waals surface area contributed by atoms with Gasteiger partial charge in [0.2, 0.25) is 0 Å². The van der Waals surface area contributed by atoms with Crippen molar-refractivity contribution in [2.75, 3.05) is 25.1 Å². The van der Waals surface area contributed by atoms with Crippen molar-refractivity contribution in [3.8, 4) is 5.75 Å². The molecule has 104 valence electrons. The van der Waals surface area contributed by atoms with Gasteiger partial charge in [-0.2, -0.15) is 0 Å². The molecule has 0 saturated carbocycles. The van der Waals surface area contributed by atoms with Gasteiger partial charge in [0.25, 0.3) is 0 Å². The third kappa shape index (κ3) is 2.67. The lowest BCUT2D eigenvalue weighted by atomic mass is 9.80. The van der Waals surface area contributed by atoms with Gasteiger partial charge in [-0.25, -0.2) is 0 Å². The molecule has 1 heterocycles. The lowest BCUT2D eigenvalue weighted by Gasteiger charge is -2.38. The molecule has 1 N–H and O–H groups in total. The molecular weight excluding hydrogens is 242 g/mol. The second-order valence-electron chi connectivity index (χ2n) is 5.53. The number of ether oxygens (including phenoxy) is 1. The maximum absolute atomic E-state index is 11.3. The molecule has 1 aromatic carbocycles. The Morgan fingerprint density at radius 2 is 2.00 bits per heavy atom. The molecule has 0 bridgehead atoms. The highest BCUT2D eigenvalue weighted by atomic mass is 16.5. The molecule has 0 radical (unpaired) electrons. The number of carbonyl (C=O) groups is 1. The van der Waals surface area contributed by atoms with E-state index >= 15 is 0 Å². The van der Waals surface area contributed by atoms with Gasteiger partial charge in [-0.05, 0) is 44.4 Å². The molecule has 4 heteroatoms. The zero-order valence-corrected chi connectivity index (χ0v) is 11.8. The Morgan fingerprint density at radius 1 is 1.37 bits per heavy atom. The van der Waals surface area contributed by atoms with Crippen LogP contribution in [0.15, 0.2) is 18.2 Å². The average molecular weight is 263 g/mol. The van der Waals surface area contributed by atoms with Gasteiger partial charge in [0.1, 0.15) is 5.75 Å². The zero-order chi connectivity index (χ0) is 14.0. The molecule has 4 nitrogen and oxygen atoms in total. The summed E-state index contributed by atoms with van der Waals surface area (Å²) in [5, 5.41) is 9.26. The van der Waals surface area contributed by atoms with Gasteiger partial charge in [-0.15, -0.1) is 0 Å². The summed E-state index contributed by atoms with van der Waals surface area (Å²) in [5.41, 5.74) is 1.66. The van der Waals surface area contributed by atoms with Crippen LogP contribution in [0.2, 0.25) is 0 Å². The largest absolute Gasteiger partial charge is 0.495 e. The number of aliphatic carboxylic acids is 1. The standard InChI is InChI=1S/C15H21NO3/c1-11-4-5-13(19-3)12(10-11)16-8-6-15(2,7-9-16)14(17)18/h4-5,10H,6-9H2,1-3H3,(H,17,18). The topological polar surface area (TPSA) is 49.8 Å². The van der Waals surface area contributed by atoms with Crippen LogP contribution in [0.4, 0.5) is 5.69 Å². The van der Waals surface area contributed by atoms with E-state index in [4.69, 9.17) is 4.74 Å². The van der Waals surface area contributed by atoms with E-state index in [1.807, 2.05) is 26.0 Å². The predicted octanol–water partition coefficient (Wildman–Crippen LogP) is 2.69. The van der Waals surface area contributed by atoms with Crippen molar-refractivity contribution in [2.24, 2.45) is 5.41 Å². The maximum Gasteiger partial charge on any atom is 0.309 e. The second-order valence-corrected chi connectivity index (χ2v) is 5.53. The highest BCUT2D eigenvalue weighted by Gasteiger charge is 2.37. The first-order valence-electron chi connectivity index (χ1n) is 6.59. The van der Waals surface area contributed by atoms with Crippen molar-refractivity contribution in [1.82, 2.24) is 0 Å². The monoisotopic (exact) mass is 263 g/mol. The van der Waals surface area contributed by atoms with E-state index in [2.05, 4.69) is 11.0 Å². The van der Waals surface area contributed by atoms with Gasteiger partial charge >= 0.3 is 5.97 Å². The average Bonchev–Trinajstić information content (AvgIpc) is 2.39. The minimum absolute atomic E-state index is 0.590. The van der Waals surface area contributed by atoms with Gasteiger partial charge in [-0.1, -0.05) is 6.07 Å². The summed E-state index contributed by atoms with van der Waals surface area (Å²) in [5.74, 6) is 0.160. The number of hydrogen-bond acceptors (Lipinski definition) is 3. The summed E-state index contributed by atoms with van der Waals surface area (Å²) in [6.07, 6.45) is 1.33. The van der Waals surface area contributed by atoms with E-state index in [1.54, 1.807) is 7.11 Å². The van der Waals surface area contributed by atoms with E-state index in [1.165, 1.54) is 5.56 Å². The summed E-state index contributed by atoms with van der Waals surface area (Å²) < 4.78 is 5.39. The number of methoxy groups -OCH3 is 1. The fraction of sp³-hybridized carbons (Fsp3) is 0.533. The van der Waals surface area contributed by atoms with Crippen molar-refractivity contribution in [1.29, 1.82) is 0 Å². The molecule has 1 aliphatic heterocycles. The van der Waals surface area contributed by atoms with Gasteiger partial charge in [0, 0.05) is 13.1 Å². The van der Waals surface area contributed by atoms with Crippen molar-refractivity contribution in [3.63, 3.8) is 0 Å². The Bertz CT molecular complexity index is 476. The third-order valence-electron chi connectivity index (χ3n) is 4.06. The summed E-state index contributed by atoms with van der Waals surface area (Å²) in [6, 6.07) is 6.09. The lowest BCUT2D eigenvalue weighted by Crippen LogP contribution is -2.42.